The SMILES string of the molecule is CC1(CNCCC2(N)CCCC2)CCOCC1. The predicted octanol–water partition coefficient (Wildman–Crippen LogP) is 2.05. The van der Waals surface area contributed by atoms with E-state index in [1.807, 2.05) is 0 Å². The monoisotopic (exact) mass is 240 g/mol. The highest BCUT2D eigenvalue weighted by Gasteiger charge is 2.30. The minimum absolute atomic E-state index is 0.142. The summed E-state index contributed by atoms with van der Waals surface area (Å²) >= 11 is 0. The average Bonchev–Trinajstić information content (AvgIpc) is 2.73. The maximum absolute atomic E-state index is 6.35. The van der Waals surface area contributed by atoms with Crippen molar-refractivity contribution in [3.05, 3.63) is 0 Å². The van der Waals surface area contributed by atoms with E-state index in [-0.39, 0.29) is 5.54 Å². The number of rotatable bonds is 5. The molecule has 3 heteroatoms. The summed E-state index contributed by atoms with van der Waals surface area (Å²) in [5, 5.41) is 3.61. The molecule has 1 aliphatic heterocycles. The quantitative estimate of drug-likeness (QED) is 0.723. The van der Waals surface area contributed by atoms with Crippen LogP contribution in [0, 0.1) is 5.41 Å². The van der Waals surface area contributed by atoms with Gasteiger partial charge in [-0.1, -0.05) is 19.8 Å². The van der Waals surface area contributed by atoms with Gasteiger partial charge in [0.15, 0.2) is 0 Å². The van der Waals surface area contributed by atoms with Crippen LogP contribution in [-0.2, 0) is 4.74 Å². The number of ether oxygens (including phenoxy) is 1. The van der Waals surface area contributed by atoms with Crippen LogP contribution in [-0.4, -0.2) is 31.8 Å². The molecule has 1 heterocycles. The Kier molecular flexibility index (Phi) is 4.45. The van der Waals surface area contributed by atoms with Gasteiger partial charge in [-0.2, -0.15) is 0 Å². The fraction of sp³-hybridized carbons (Fsp3) is 1.00. The van der Waals surface area contributed by atoms with Gasteiger partial charge in [0, 0.05) is 25.3 Å². The molecule has 2 rings (SSSR count). The lowest BCUT2D eigenvalue weighted by Gasteiger charge is -2.34. The average molecular weight is 240 g/mol. The van der Waals surface area contributed by atoms with E-state index in [2.05, 4.69) is 12.2 Å². The topological polar surface area (TPSA) is 47.3 Å². The number of hydrogen-bond donors (Lipinski definition) is 2. The maximum Gasteiger partial charge on any atom is 0.0471 e. The molecule has 0 bridgehead atoms. The van der Waals surface area contributed by atoms with Crippen molar-refractivity contribution in [2.75, 3.05) is 26.3 Å². The molecule has 2 aliphatic rings. The zero-order valence-electron chi connectivity index (χ0n) is 11.3. The molecule has 0 spiro atoms. The Morgan fingerprint density at radius 2 is 1.76 bits per heavy atom. The van der Waals surface area contributed by atoms with Crippen LogP contribution < -0.4 is 11.1 Å². The molecule has 100 valence electrons. The van der Waals surface area contributed by atoms with E-state index >= 15 is 0 Å². The van der Waals surface area contributed by atoms with Crippen molar-refractivity contribution < 1.29 is 4.74 Å². The first kappa shape index (κ1) is 13.3. The van der Waals surface area contributed by atoms with E-state index in [1.165, 1.54) is 38.5 Å². The van der Waals surface area contributed by atoms with Crippen LogP contribution >= 0.6 is 0 Å². The molecule has 0 radical (unpaired) electrons. The summed E-state index contributed by atoms with van der Waals surface area (Å²) in [6, 6.07) is 0. The van der Waals surface area contributed by atoms with E-state index in [0.717, 1.165) is 32.7 Å². The molecule has 0 aromatic rings. The van der Waals surface area contributed by atoms with Crippen LogP contribution in [0.2, 0.25) is 0 Å². The van der Waals surface area contributed by atoms with Crippen molar-refractivity contribution in [1.29, 1.82) is 0 Å². The van der Waals surface area contributed by atoms with Crippen LogP contribution in [0.1, 0.15) is 51.9 Å². The zero-order valence-corrected chi connectivity index (χ0v) is 11.3. The molecule has 0 atom stereocenters. The van der Waals surface area contributed by atoms with Gasteiger partial charge < -0.3 is 15.8 Å². The van der Waals surface area contributed by atoms with Crippen LogP contribution in [0.15, 0.2) is 0 Å². The van der Waals surface area contributed by atoms with Gasteiger partial charge in [-0.25, -0.2) is 0 Å². The molecular weight excluding hydrogens is 212 g/mol. The van der Waals surface area contributed by atoms with Crippen molar-refractivity contribution in [3.63, 3.8) is 0 Å². The first-order valence-electron chi connectivity index (χ1n) is 7.19. The second-order valence-electron chi connectivity index (χ2n) is 6.42. The molecule has 17 heavy (non-hydrogen) atoms. The first-order chi connectivity index (χ1) is 8.12. The summed E-state index contributed by atoms with van der Waals surface area (Å²) < 4.78 is 5.42. The summed E-state index contributed by atoms with van der Waals surface area (Å²) in [6.07, 6.45) is 8.61. The van der Waals surface area contributed by atoms with E-state index in [4.69, 9.17) is 10.5 Å². The summed E-state index contributed by atoms with van der Waals surface area (Å²) in [6.45, 7) is 6.42. The van der Waals surface area contributed by atoms with Crippen LogP contribution in [0.3, 0.4) is 0 Å². The van der Waals surface area contributed by atoms with Crippen LogP contribution in [0.4, 0.5) is 0 Å². The summed E-state index contributed by atoms with van der Waals surface area (Å²) in [7, 11) is 0. The van der Waals surface area contributed by atoms with Crippen molar-refractivity contribution >= 4 is 0 Å². The van der Waals surface area contributed by atoms with E-state index in [0.29, 0.717) is 5.41 Å². The highest BCUT2D eigenvalue weighted by molar-refractivity contribution is 4.90. The summed E-state index contributed by atoms with van der Waals surface area (Å²) in [4.78, 5) is 0. The van der Waals surface area contributed by atoms with Crippen molar-refractivity contribution in [3.8, 4) is 0 Å². The van der Waals surface area contributed by atoms with Crippen molar-refractivity contribution in [2.45, 2.75) is 57.4 Å². The van der Waals surface area contributed by atoms with Gasteiger partial charge in [-0.05, 0) is 44.1 Å². The highest BCUT2D eigenvalue weighted by Crippen LogP contribution is 2.30. The van der Waals surface area contributed by atoms with Crippen molar-refractivity contribution in [2.24, 2.45) is 11.1 Å². The third kappa shape index (κ3) is 3.94. The van der Waals surface area contributed by atoms with E-state index < -0.39 is 0 Å². The fourth-order valence-corrected chi connectivity index (χ4v) is 3.10. The second-order valence-corrected chi connectivity index (χ2v) is 6.42. The van der Waals surface area contributed by atoms with Gasteiger partial charge in [0.1, 0.15) is 0 Å². The van der Waals surface area contributed by atoms with Gasteiger partial charge in [-0.3, -0.25) is 0 Å². The molecule has 3 N–H and O–H groups in total. The zero-order chi connectivity index (χ0) is 12.2. The van der Waals surface area contributed by atoms with Gasteiger partial charge in [0.05, 0.1) is 0 Å². The lowest BCUT2D eigenvalue weighted by Crippen LogP contribution is -2.42. The van der Waals surface area contributed by atoms with Crippen molar-refractivity contribution in [1.82, 2.24) is 5.32 Å². The van der Waals surface area contributed by atoms with Gasteiger partial charge in [-0.15, -0.1) is 0 Å². The molecular formula is C14H28N2O. The molecule has 3 nitrogen and oxygen atoms in total. The molecule has 0 aromatic carbocycles. The number of nitrogens with one attached hydrogen (secondary N) is 1. The molecule has 0 unspecified atom stereocenters. The van der Waals surface area contributed by atoms with Gasteiger partial charge in [0.2, 0.25) is 0 Å². The molecule has 0 amide bonds. The minimum atomic E-state index is 0.142. The molecule has 0 aromatic heterocycles. The van der Waals surface area contributed by atoms with Gasteiger partial charge >= 0.3 is 0 Å². The van der Waals surface area contributed by atoms with Crippen LogP contribution in [0.5, 0.6) is 0 Å². The lowest BCUT2D eigenvalue weighted by molar-refractivity contribution is 0.0240. The minimum Gasteiger partial charge on any atom is -0.381 e. The smallest absolute Gasteiger partial charge is 0.0471 e. The first-order valence-corrected chi connectivity index (χ1v) is 7.19. The van der Waals surface area contributed by atoms with Crippen LogP contribution in [0.25, 0.3) is 0 Å². The maximum atomic E-state index is 6.35. The lowest BCUT2D eigenvalue weighted by atomic mass is 9.82. The summed E-state index contributed by atoms with van der Waals surface area (Å²) in [5.74, 6) is 0. The number of nitrogens with two attached hydrogens (primary N) is 1. The fourth-order valence-electron chi connectivity index (χ4n) is 3.10. The Morgan fingerprint density at radius 3 is 2.41 bits per heavy atom. The Hall–Kier alpha value is -0.120. The highest BCUT2D eigenvalue weighted by atomic mass is 16.5. The Labute approximate surface area is 105 Å². The third-order valence-corrected chi connectivity index (χ3v) is 4.65. The van der Waals surface area contributed by atoms with E-state index in [1.54, 1.807) is 0 Å². The normalized spacial score (nSPS) is 27.2. The largest absolute Gasteiger partial charge is 0.381 e. The Balaban J connectivity index is 1.62. The molecule has 1 saturated heterocycles. The number of hydrogen-bond acceptors (Lipinski definition) is 3. The third-order valence-electron chi connectivity index (χ3n) is 4.65. The second kappa shape index (κ2) is 5.68. The molecule has 1 aliphatic carbocycles. The predicted molar refractivity (Wildman–Crippen MR) is 71.0 cm³/mol. The molecule has 1 saturated carbocycles. The summed E-state index contributed by atoms with van der Waals surface area (Å²) in [5.41, 5.74) is 6.93. The van der Waals surface area contributed by atoms with E-state index in [9.17, 15) is 0 Å². The Bertz CT molecular complexity index is 230. The van der Waals surface area contributed by atoms with Gasteiger partial charge in [0.25, 0.3) is 0 Å². The Morgan fingerprint density at radius 1 is 1.12 bits per heavy atom. The standard InChI is InChI=1S/C14H28N2O/c1-13(7-10-17-11-8-13)12-16-9-6-14(15)4-2-3-5-14/h16H,2-12,15H2,1H3. The molecule has 2 fully saturated rings.